The zero-order valence-electron chi connectivity index (χ0n) is 9.84. The molecule has 2 aromatic rings. The molecular formula is C14H14N2OS. The molecule has 92 valence electrons. The zero-order chi connectivity index (χ0) is 12.8. The largest absolute Gasteiger partial charge is 0.350 e. The van der Waals surface area contributed by atoms with E-state index in [0.717, 1.165) is 16.2 Å². The van der Waals surface area contributed by atoms with Crippen LogP contribution in [0.1, 0.15) is 11.3 Å². The molecule has 0 aliphatic carbocycles. The number of benzene rings is 1. The summed E-state index contributed by atoms with van der Waals surface area (Å²) in [6, 6.07) is 13.2. The molecule has 1 amide bonds. The second-order valence-electron chi connectivity index (χ2n) is 3.94. The molecule has 0 fully saturated rings. The number of carbonyl (C=O) groups is 1. The Bertz CT molecular complexity index is 511. The van der Waals surface area contributed by atoms with Crippen LogP contribution in [0.3, 0.4) is 0 Å². The van der Waals surface area contributed by atoms with E-state index in [4.69, 9.17) is 0 Å². The predicted molar refractivity (Wildman–Crippen MR) is 73.5 cm³/mol. The van der Waals surface area contributed by atoms with Crippen LogP contribution in [-0.2, 0) is 17.8 Å². The van der Waals surface area contributed by atoms with E-state index in [1.165, 1.54) is 0 Å². The first-order valence-electron chi connectivity index (χ1n) is 5.68. The first-order chi connectivity index (χ1) is 8.74. The van der Waals surface area contributed by atoms with Crippen LogP contribution in [0.25, 0.3) is 0 Å². The monoisotopic (exact) mass is 258 g/mol. The Kier molecular flexibility index (Phi) is 4.36. The number of aromatic nitrogens is 1. The quantitative estimate of drug-likeness (QED) is 0.826. The Hall–Kier alpha value is -1.81. The van der Waals surface area contributed by atoms with Gasteiger partial charge in [0.1, 0.15) is 0 Å². The Morgan fingerprint density at radius 1 is 1.17 bits per heavy atom. The van der Waals surface area contributed by atoms with Crippen LogP contribution in [0.15, 0.2) is 53.6 Å². The molecule has 3 nitrogen and oxygen atoms in total. The number of hydrogen-bond donors (Lipinski definition) is 2. The van der Waals surface area contributed by atoms with Crippen molar-refractivity contribution in [3.05, 3.63) is 59.9 Å². The third kappa shape index (κ3) is 3.89. The van der Waals surface area contributed by atoms with Crippen molar-refractivity contribution in [3.8, 4) is 0 Å². The molecule has 0 spiro atoms. The first kappa shape index (κ1) is 12.6. The Morgan fingerprint density at radius 3 is 2.61 bits per heavy atom. The molecule has 0 radical (unpaired) electrons. The average molecular weight is 258 g/mol. The minimum Gasteiger partial charge on any atom is -0.350 e. The van der Waals surface area contributed by atoms with Gasteiger partial charge >= 0.3 is 0 Å². The van der Waals surface area contributed by atoms with Crippen molar-refractivity contribution in [3.63, 3.8) is 0 Å². The third-order valence-electron chi connectivity index (χ3n) is 2.49. The van der Waals surface area contributed by atoms with Crippen molar-refractivity contribution in [2.24, 2.45) is 0 Å². The maximum atomic E-state index is 11.7. The van der Waals surface area contributed by atoms with Crippen LogP contribution in [0.5, 0.6) is 0 Å². The molecule has 4 heteroatoms. The first-order valence-corrected chi connectivity index (χ1v) is 6.13. The molecule has 1 aromatic heterocycles. The summed E-state index contributed by atoms with van der Waals surface area (Å²) in [5.41, 5.74) is 1.84. The summed E-state index contributed by atoms with van der Waals surface area (Å²) in [4.78, 5) is 16.8. The molecule has 0 saturated carbocycles. The Morgan fingerprint density at radius 2 is 1.94 bits per heavy atom. The number of amides is 1. The molecule has 0 unspecified atom stereocenters. The van der Waals surface area contributed by atoms with Crippen molar-refractivity contribution in [2.75, 3.05) is 0 Å². The van der Waals surface area contributed by atoms with E-state index in [2.05, 4.69) is 22.9 Å². The van der Waals surface area contributed by atoms with E-state index in [1.807, 2.05) is 42.5 Å². The van der Waals surface area contributed by atoms with Gasteiger partial charge in [0, 0.05) is 11.1 Å². The van der Waals surface area contributed by atoms with Crippen molar-refractivity contribution < 1.29 is 4.79 Å². The number of hydrogen-bond acceptors (Lipinski definition) is 3. The van der Waals surface area contributed by atoms with E-state index in [1.54, 1.807) is 6.20 Å². The molecule has 2 rings (SSSR count). The molecule has 0 atom stereocenters. The van der Waals surface area contributed by atoms with Crippen LogP contribution in [0.2, 0.25) is 0 Å². The van der Waals surface area contributed by atoms with Crippen molar-refractivity contribution in [1.29, 1.82) is 0 Å². The summed E-state index contributed by atoms with van der Waals surface area (Å²) < 4.78 is 0. The number of carbonyl (C=O) groups excluding carboxylic acids is 1. The van der Waals surface area contributed by atoms with E-state index >= 15 is 0 Å². The van der Waals surface area contributed by atoms with Gasteiger partial charge in [0.05, 0.1) is 18.7 Å². The maximum absolute atomic E-state index is 11.7. The van der Waals surface area contributed by atoms with Crippen LogP contribution in [-0.4, -0.2) is 10.9 Å². The van der Waals surface area contributed by atoms with Gasteiger partial charge in [-0.25, -0.2) is 0 Å². The number of thiol groups is 1. The second kappa shape index (κ2) is 6.21. The van der Waals surface area contributed by atoms with E-state index < -0.39 is 0 Å². The van der Waals surface area contributed by atoms with Gasteiger partial charge in [-0.2, -0.15) is 0 Å². The van der Waals surface area contributed by atoms with Crippen molar-refractivity contribution >= 4 is 18.5 Å². The highest BCUT2D eigenvalue weighted by atomic mass is 32.1. The highest BCUT2D eigenvalue weighted by Gasteiger charge is 2.03. The highest BCUT2D eigenvalue weighted by molar-refractivity contribution is 7.80. The number of nitrogens with one attached hydrogen (secondary N) is 1. The summed E-state index contributed by atoms with van der Waals surface area (Å²) in [5.74, 6) is -0.00688. The fourth-order valence-corrected chi connectivity index (χ4v) is 1.70. The minimum atomic E-state index is -0.00688. The van der Waals surface area contributed by atoms with Gasteiger partial charge in [0.2, 0.25) is 5.91 Å². The molecule has 1 N–H and O–H groups in total. The lowest BCUT2D eigenvalue weighted by Gasteiger charge is -2.05. The predicted octanol–water partition coefficient (Wildman–Crippen LogP) is 2.23. The summed E-state index contributed by atoms with van der Waals surface area (Å²) in [6.07, 6.45) is 2.09. The molecule has 0 aliphatic heterocycles. The normalized spacial score (nSPS) is 10.1. The smallest absolute Gasteiger partial charge is 0.224 e. The van der Waals surface area contributed by atoms with Crippen LogP contribution < -0.4 is 5.32 Å². The fraction of sp³-hybridized carbons (Fsp3) is 0.143. The fourth-order valence-electron chi connectivity index (χ4n) is 1.55. The molecule has 0 aliphatic rings. The van der Waals surface area contributed by atoms with Crippen LogP contribution in [0, 0.1) is 0 Å². The molecule has 0 saturated heterocycles. The zero-order valence-corrected chi connectivity index (χ0v) is 10.7. The Balaban J connectivity index is 1.84. The van der Waals surface area contributed by atoms with Gasteiger partial charge in [-0.15, -0.1) is 12.6 Å². The molecule has 0 bridgehead atoms. The average Bonchev–Trinajstić information content (AvgIpc) is 2.40. The molecule has 1 aromatic carbocycles. The SMILES string of the molecule is O=C(Cc1ccc(S)cc1)NCc1ccccn1. The summed E-state index contributed by atoms with van der Waals surface area (Å²) in [5, 5.41) is 2.84. The number of nitrogens with zero attached hydrogens (tertiary/aromatic N) is 1. The van der Waals surface area contributed by atoms with Crippen molar-refractivity contribution in [1.82, 2.24) is 10.3 Å². The minimum absolute atomic E-state index is 0.00688. The summed E-state index contributed by atoms with van der Waals surface area (Å²) in [6.45, 7) is 0.463. The van der Waals surface area contributed by atoms with Gasteiger partial charge in [0.15, 0.2) is 0 Å². The maximum Gasteiger partial charge on any atom is 0.224 e. The lowest BCUT2D eigenvalue weighted by atomic mass is 10.1. The molecule has 1 heterocycles. The van der Waals surface area contributed by atoms with E-state index in [9.17, 15) is 4.79 Å². The lowest BCUT2D eigenvalue weighted by Crippen LogP contribution is -2.24. The van der Waals surface area contributed by atoms with Gasteiger partial charge in [0.25, 0.3) is 0 Å². The van der Waals surface area contributed by atoms with E-state index in [-0.39, 0.29) is 5.91 Å². The highest BCUT2D eigenvalue weighted by Crippen LogP contribution is 2.08. The van der Waals surface area contributed by atoms with E-state index in [0.29, 0.717) is 13.0 Å². The Labute approximate surface area is 112 Å². The van der Waals surface area contributed by atoms with Gasteiger partial charge in [-0.05, 0) is 29.8 Å². The standard InChI is InChI=1S/C14H14N2OS/c17-14(9-11-4-6-13(18)7-5-11)16-10-12-3-1-2-8-15-12/h1-8,18H,9-10H2,(H,16,17). The topological polar surface area (TPSA) is 42.0 Å². The van der Waals surface area contributed by atoms with Crippen LogP contribution in [0.4, 0.5) is 0 Å². The summed E-state index contributed by atoms with van der Waals surface area (Å²) >= 11 is 4.20. The molecule has 18 heavy (non-hydrogen) atoms. The van der Waals surface area contributed by atoms with Gasteiger partial charge < -0.3 is 5.32 Å². The second-order valence-corrected chi connectivity index (χ2v) is 4.46. The van der Waals surface area contributed by atoms with Gasteiger partial charge in [-0.1, -0.05) is 18.2 Å². The number of pyridine rings is 1. The molecular weight excluding hydrogens is 244 g/mol. The summed E-state index contributed by atoms with van der Waals surface area (Å²) in [7, 11) is 0. The third-order valence-corrected chi connectivity index (χ3v) is 2.79. The number of rotatable bonds is 4. The lowest BCUT2D eigenvalue weighted by molar-refractivity contribution is -0.120. The van der Waals surface area contributed by atoms with Gasteiger partial charge in [-0.3, -0.25) is 9.78 Å². The van der Waals surface area contributed by atoms with Crippen molar-refractivity contribution in [2.45, 2.75) is 17.9 Å². The van der Waals surface area contributed by atoms with Crippen LogP contribution >= 0.6 is 12.6 Å².